The molecule has 0 bridgehead atoms. The van der Waals surface area contributed by atoms with E-state index in [1.165, 1.54) is 12.1 Å². The molecule has 1 amide bonds. The van der Waals surface area contributed by atoms with Gasteiger partial charge < -0.3 is 19.6 Å². The zero-order chi connectivity index (χ0) is 19.3. The third kappa shape index (κ3) is 5.81. The molecule has 1 aromatic carbocycles. The van der Waals surface area contributed by atoms with Gasteiger partial charge in [0.2, 0.25) is 5.91 Å². The highest BCUT2D eigenvalue weighted by Crippen LogP contribution is 2.26. The van der Waals surface area contributed by atoms with Gasteiger partial charge in [-0.3, -0.25) is 4.79 Å². The molecule has 1 unspecified atom stereocenters. The quantitative estimate of drug-likeness (QED) is 0.789. The average Bonchev–Trinajstić information content (AvgIpc) is 2.55. The highest BCUT2D eigenvalue weighted by Gasteiger charge is 2.24. The molecule has 0 saturated carbocycles. The zero-order valence-electron chi connectivity index (χ0n) is 15.9. The summed E-state index contributed by atoms with van der Waals surface area (Å²) < 4.78 is 19.4. The molecule has 1 aromatic rings. The maximum atomic E-state index is 13.8. The molecular formula is C20H29FN2O3. The molecule has 0 aromatic heterocycles. The van der Waals surface area contributed by atoms with Gasteiger partial charge in [-0.1, -0.05) is 6.08 Å². The Balaban J connectivity index is 2.20. The van der Waals surface area contributed by atoms with E-state index in [0.717, 1.165) is 11.3 Å². The Kier molecular flexibility index (Phi) is 6.78. The van der Waals surface area contributed by atoms with Crippen LogP contribution in [0.1, 0.15) is 32.8 Å². The number of aliphatic hydroxyl groups excluding tert-OH is 1. The predicted molar refractivity (Wildman–Crippen MR) is 101 cm³/mol. The molecule has 0 spiro atoms. The van der Waals surface area contributed by atoms with Gasteiger partial charge in [0.25, 0.3) is 0 Å². The Bertz CT molecular complexity index is 642. The fourth-order valence-electron chi connectivity index (χ4n) is 2.96. The third-order valence-electron chi connectivity index (χ3n) is 4.18. The molecule has 144 valence electrons. The molecule has 1 aliphatic heterocycles. The first-order valence-electron chi connectivity index (χ1n) is 8.93. The Morgan fingerprint density at radius 2 is 2.12 bits per heavy atom. The normalized spacial score (nSPS) is 16.7. The minimum Gasteiger partial charge on any atom is -0.389 e. The second-order valence-electron chi connectivity index (χ2n) is 7.61. The summed E-state index contributed by atoms with van der Waals surface area (Å²) >= 11 is 0. The molecule has 2 rings (SSSR count). The summed E-state index contributed by atoms with van der Waals surface area (Å²) in [6.45, 7) is 11.2. The Morgan fingerprint density at radius 3 is 2.77 bits per heavy atom. The van der Waals surface area contributed by atoms with E-state index < -0.39 is 6.10 Å². The van der Waals surface area contributed by atoms with Gasteiger partial charge in [0.1, 0.15) is 5.82 Å². The molecule has 0 fully saturated rings. The van der Waals surface area contributed by atoms with Gasteiger partial charge in [-0.05, 0) is 44.5 Å². The first kappa shape index (κ1) is 20.4. The molecule has 0 saturated heterocycles. The number of rotatable bonds is 6. The summed E-state index contributed by atoms with van der Waals surface area (Å²) in [6.07, 6.45) is 1.30. The van der Waals surface area contributed by atoms with Gasteiger partial charge in [0.05, 0.1) is 18.3 Å². The maximum absolute atomic E-state index is 13.8. The van der Waals surface area contributed by atoms with Crippen LogP contribution in [-0.4, -0.2) is 53.9 Å². The summed E-state index contributed by atoms with van der Waals surface area (Å²) in [4.78, 5) is 16.0. The highest BCUT2D eigenvalue weighted by atomic mass is 19.1. The van der Waals surface area contributed by atoms with Gasteiger partial charge in [-0.25, -0.2) is 4.39 Å². The Morgan fingerprint density at radius 1 is 1.38 bits per heavy atom. The molecule has 1 heterocycles. The van der Waals surface area contributed by atoms with Crippen molar-refractivity contribution < 1.29 is 19.0 Å². The van der Waals surface area contributed by atoms with Gasteiger partial charge in [-0.2, -0.15) is 0 Å². The molecule has 0 aliphatic carbocycles. The Hall–Kier alpha value is -1.92. The molecule has 1 N–H and O–H groups in total. The lowest BCUT2D eigenvalue weighted by Crippen LogP contribution is -2.42. The zero-order valence-corrected chi connectivity index (χ0v) is 15.9. The van der Waals surface area contributed by atoms with Crippen molar-refractivity contribution in [3.63, 3.8) is 0 Å². The predicted octanol–water partition coefficient (Wildman–Crippen LogP) is 2.73. The van der Waals surface area contributed by atoms with Crippen molar-refractivity contribution in [2.75, 3.05) is 31.1 Å². The standard InChI is InChI=1S/C20H29FN2O3/c1-5-9-23-12-15-11-16(21)6-7-18(15)22(10-8-19(23)25)13-17(24)14-26-20(2,3)4/h5-7,11,17,24H,1,8-10,12-14H2,2-4H3. The fourth-order valence-corrected chi connectivity index (χ4v) is 2.96. The van der Waals surface area contributed by atoms with Gasteiger partial charge >= 0.3 is 0 Å². The van der Waals surface area contributed by atoms with Crippen LogP contribution in [0.15, 0.2) is 30.9 Å². The number of β-amino-alcohol motifs (C(OH)–C–C–N with tert-alkyl or cyclic N) is 1. The number of carbonyl (C=O) groups excluding carboxylic acids is 1. The molecule has 1 atom stereocenters. The molecule has 1 aliphatic rings. The van der Waals surface area contributed by atoms with Crippen LogP contribution in [0.25, 0.3) is 0 Å². The van der Waals surface area contributed by atoms with E-state index in [1.54, 1.807) is 17.0 Å². The number of halogens is 1. The van der Waals surface area contributed by atoms with Crippen LogP contribution in [-0.2, 0) is 16.1 Å². The van der Waals surface area contributed by atoms with Gasteiger partial charge in [0, 0.05) is 38.3 Å². The molecule has 26 heavy (non-hydrogen) atoms. The molecular weight excluding hydrogens is 335 g/mol. The molecule has 0 radical (unpaired) electrons. The fraction of sp³-hybridized carbons (Fsp3) is 0.550. The van der Waals surface area contributed by atoms with Crippen LogP contribution < -0.4 is 4.90 Å². The van der Waals surface area contributed by atoms with E-state index in [4.69, 9.17) is 4.74 Å². The maximum Gasteiger partial charge on any atom is 0.224 e. The van der Waals surface area contributed by atoms with Crippen LogP contribution in [0.2, 0.25) is 0 Å². The van der Waals surface area contributed by atoms with Crippen molar-refractivity contribution in [3.8, 4) is 0 Å². The van der Waals surface area contributed by atoms with Crippen molar-refractivity contribution in [3.05, 3.63) is 42.2 Å². The first-order valence-corrected chi connectivity index (χ1v) is 8.93. The third-order valence-corrected chi connectivity index (χ3v) is 4.18. The summed E-state index contributed by atoms with van der Waals surface area (Å²) in [5.74, 6) is -0.350. The summed E-state index contributed by atoms with van der Waals surface area (Å²) in [5, 5.41) is 10.4. The summed E-state index contributed by atoms with van der Waals surface area (Å²) in [7, 11) is 0. The average molecular weight is 364 g/mol. The van der Waals surface area contributed by atoms with Crippen LogP contribution in [0.4, 0.5) is 10.1 Å². The minimum atomic E-state index is -0.703. The highest BCUT2D eigenvalue weighted by molar-refractivity contribution is 5.78. The second-order valence-corrected chi connectivity index (χ2v) is 7.61. The van der Waals surface area contributed by atoms with Crippen LogP contribution >= 0.6 is 0 Å². The van der Waals surface area contributed by atoms with Crippen molar-refractivity contribution in [1.82, 2.24) is 4.90 Å². The largest absolute Gasteiger partial charge is 0.389 e. The van der Waals surface area contributed by atoms with E-state index in [2.05, 4.69) is 6.58 Å². The lowest BCUT2D eigenvalue weighted by atomic mass is 10.1. The molecule has 5 nitrogen and oxygen atoms in total. The van der Waals surface area contributed by atoms with Crippen LogP contribution in [0.5, 0.6) is 0 Å². The minimum absolute atomic E-state index is 0.00903. The number of hydrogen-bond donors (Lipinski definition) is 1. The number of nitrogens with zero attached hydrogens (tertiary/aromatic N) is 2. The monoisotopic (exact) mass is 364 g/mol. The number of carbonyl (C=O) groups is 1. The SMILES string of the molecule is C=CCN1Cc2cc(F)ccc2N(CC(O)COC(C)(C)C)CCC1=O. The topological polar surface area (TPSA) is 53.0 Å². The van der Waals surface area contributed by atoms with Gasteiger partial charge in [0.15, 0.2) is 0 Å². The van der Waals surface area contributed by atoms with Crippen LogP contribution in [0.3, 0.4) is 0 Å². The number of benzene rings is 1. The number of fused-ring (bicyclic) bond motifs is 1. The first-order chi connectivity index (χ1) is 12.2. The van der Waals surface area contributed by atoms with Crippen LogP contribution in [0, 0.1) is 5.82 Å². The number of hydrogen-bond acceptors (Lipinski definition) is 4. The van der Waals surface area contributed by atoms with Gasteiger partial charge in [-0.15, -0.1) is 6.58 Å². The van der Waals surface area contributed by atoms with E-state index in [-0.39, 0.29) is 23.9 Å². The molecule has 6 heteroatoms. The van der Waals surface area contributed by atoms with Crippen molar-refractivity contribution in [1.29, 1.82) is 0 Å². The number of amides is 1. The Labute approximate surface area is 155 Å². The van der Waals surface area contributed by atoms with E-state index in [9.17, 15) is 14.3 Å². The second kappa shape index (κ2) is 8.64. The van der Waals surface area contributed by atoms with E-state index in [1.807, 2.05) is 25.7 Å². The summed E-state index contributed by atoms with van der Waals surface area (Å²) in [6, 6.07) is 4.57. The van der Waals surface area contributed by atoms with Crippen molar-refractivity contribution in [2.45, 2.75) is 45.4 Å². The summed E-state index contributed by atoms with van der Waals surface area (Å²) in [5.41, 5.74) is 1.23. The lowest BCUT2D eigenvalue weighted by molar-refractivity contribution is -0.131. The van der Waals surface area contributed by atoms with E-state index >= 15 is 0 Å². The van der Waals surface area contributed by atoms with Crippen molar-refractivity contribution in [2.24, 2.45) is 0 Å². The van der Waals surface area contributed by atoms with Crippen molar-refractivity contribution >= 4 is 11.6 Å². The lowest BCUT2D eigenvalue weighted by Gasteiger charge is -2.34. The number of aliphatic hydroxyl groups is 1. The van der Waals surface area contributed by atoms with E-state index in [0.29, 0.717) is 32.6 Å². The number of ether oxygens (including phenoxy) is 1. The number of anilines is 1. The smallest absolute Gasteiger partial charge is 0.224 e.